The minimum Gasteiger partial charge on any atom is -0.744 e. The van der Waals surface area contributed by atoms with Crippen molar-refractivity contribution in [3.8, 4) is 0 Å². The van der Waals surface area contributed by atoms with Gasteiger partial charge in [0, 0.05) is 53.9 Å². The van der Waals surface area contributed by atoms with Crippen LogP contribution in [-0.2, 0) is 41.8 Å². The summed E-state index contributed by atoms with van der Waals surface area (Å²) in [6.07, 6.45) is 12.3. The summed E-state index contributed by atoms with van der Waals surface area (Å²) in [6, 6.07) is 11.7. The molecule has 3 unspecified atom stereocenters. The zero-order valence-corrected chi connectivity index (χ0v) is 37.8. The van der Waals surface area contributed by atoms with Gasteiger partial charge in [-0.3, -0.25) is 4.79 Å². The van der Waals surface area contributed by atoms with Gasteiger partial charge in [0.1, 0.15) is 40.5 Å². The lowest BCUT2D eigenvalue weighted by Gasteiger charge is -2.33. The van der Waals surface area contributed by atoms with Gasteiger partial charge in [0.25, 0.3) is 0 Å². The van der Waals surface area contributed by atoms with E-state index in [0.717, 1.165) is 59.6 Å². The largest absolute Gasteiger partial charge is 0.744 e. The van der Waals surface area contributed by atoms with Crippen LogP contribution in [0.2, 0.25) is 0 Å². The lowest BCUT2D eigenvalue weighted by atomic mass is 9.81. The lowest BCUT2D eigenvalue weighted by molar-refractivity contribution is -0.438. The van der Waals surface area contributed by atoms with Crippen molar-refractivity contribution in [2.24, 2.45) is 0 Å². The second kappa shape index (κ2) is 20.6. The molecule has 340 valence electrons. The second-order valence-corrected chi connectivity index (χ2v) is 18.6. The Bertz CT molecular complexity index is 2350. The first-order chi connectivity index (χ1) is 29.8. The molecule has 0 saturated carbocycles. The Morgan fingerprint density at radius 1 is 0.857 bits per heavy atom. The van der Waals surface area contributed by atoms with E-state index >= 15 is 0 Å². The quantitative estimate of drug-likeness (QED) is 0.0397. The number of rotatable bonds is 22. The topological polar surface area (TPSA) is 221 Å². The number of unbranched alkanes of at least 4 members (excludes halogenated alkanes) is 3. The fourth-order valence-electron chi connectivity index (χ4n) is 8.53. The Morgan fingerprint density at radius 3 is 2.21 bits per heavy atom. The number of aliphatic carboxylic acids is 2. The number of amides is 3. The minimum absolute atomic E-state index is 0.0520. The van der Waals surface area contributed by atoms with E-state index in [9.17, 15) is 42.4 Å². The highest BCUT2D eigenvalue weighted by Crippen LogP contribution is 2.49. The molecular formula is C47H61N5O10S. The van der Waals surface area contributed by atoms with Crippen LogP contribution in [0.4, 0.5) is 16.2 Å². The molecule has 0 saturated heterocycles. The molecule has 16 heteroatoms. The molecule has 2 aromatic carbocycles. The number of para-hydroxylation sites is 1. The number of anilines is 1. The molecule has 5 rings (SSSR count). The molecule has 63 heavy (non-hydrogen) atoms. The van der Waals surface area contributed by atoms with Crippen molar-refractivity contribution in [2.75, 3.05) is 18.0 Å². The van der Waals surface area contributed by atoms with E-state index in [4.69, 9.17) is 4.42 Å². The molecule has 3 amide bonds. The lowest BCUT2D eigenvalue weighted by Crippen LogP contribution is -2.51. The number of carboxylic acid groups (broad SMARTS) is 2. The van der Waals surface area contributed by atoms with Crippen molar-refractivity contribution in [3.63, 3.8) is 0 Å². The van der Waals surface area contributed by atoms with Gasteiger partial charge in [-0.2, -0.15) is 4.58 Å². The summed E-state index contributed by atoms with van der Waals surface area (Å²) >= 11 is 0. The van der Waals surface area contributed by atoms with E-state index in [1.165, 1.54) is 18.4 Å². The molecule has 1 aromatic heterocycles. The van der Waals surface area contributed by atoms with Crippen molar-refractivity contribution in [2.45, 2.75) is 133 Å². The number of carboxylic acids is 2. The number of benzene rings is 2. The van der Waals surface area contributed by atoms with Gasteiger partial charge in [-0.05, 0) is 81.5 Å². The van der Waals surface area contributed by atoms with E-state index in [2.05, 4.69) is 65.3 Å². The summed E-state index contributed by atoms with van der Waals surface area (Å²) < 4.78 is 43.4. The number of carbonyl (C=O) groups is 4. The van der Waals surface area contributed by atoms with Gasteiger partial charge in [-0.25, -0.2) is 22.8 Å². The minimum atomic E-state index is -4.65. The third kappa shape index (κ3) is 11.3. The van der Waals surface area contributed by atoms with Gasteiger partial charge in [-0.1, -0.05) is 71.2 Å². The third-order valence-electron chi connectivity index (χ3n) is 12.0. The third-order valence-corrected chi connectivity index (χ3v) is 12.8. The predicted molar refractivity (Wildman–Crippen MR) is 238 cm³/mol. The van der Waals surface area contributed by atoms with Crippen molar-refractivity contribution in [3.05, 3.63) is 102 Å². The van der Waals surface area contributed by atoms with Crippen LogP contribution >= 0.6 is 0 Å². The summed E-state index contributed by atoms with van der Waals surface area (Å²) in [5.74, 6) is -2.39. The maximum Gasteiger partial charge on any atom is 0.326 e. The normalized spacial score (nSPS) is 17.3. The first-order valence-electron chi connectivity index (χ1n) is 21.7. The van der Waals surface area contributed by atoms with Gasteiger partial charge in [-0.15, -0.1) is 0 Å². The fraction of sp³-hybridized carbons (Fsp3) is 0.468. The molecule has 2 aliphatic heterocycles. The van der Waals surface area contributed by atoms with Crippen LogP contribution in [0.25, 0.3) is 0 Å². The molecule has 0 fully saturated rings. The van der Waals surface area contributed by atoms with E-state index in [1.807, 2.05) is 44.2 Å². The summed E-state index contributed by atoms with van der Waals surface area (Å²) in [7, 11) is -4.65. The molecule has 3 atom stereocenters. The monoisotopic (exact) mass is 887 g/mol. The number of hydrogen-bond acceptors (Lipinski definition) is 9. The molecule has 3 heterocycles. The van der Waals surface area contributed by atoms with Crippen LogP contribution in [0.1, 0.15) is 110 Å². The van der Waals surface area contributed by atoms with Crippen molar-refractivity contribution in [1.82, 2.24) is 16.0 Å². The van der Waals surface area contributed by atoms with Crippen molar-refractivity contribution < 1.29 is 51.4 Å². The number of furan rings is 1. The Hall–Kier alpha value is -5.74. The molecule has 0 bridgehead atoms. The van der Waals surface area contributed by atoms with E-state index in [1.54, 1.807) is 18.2 Å². The average molecular weight is 888 g/mol. The van der Waals surface area contributed by atoms with Crippen LogP contribution in [0.3, 0.4) is 0 Å². The number of hydrogen-bond donors (Lipinski definition) is 5. The van der Waals surface area contributed by atoms with Crippen LogP contribution in [-0.4, -0.2) is 88.6 Å². The highest BCUT2D eigenvalue weighted by atomic mass is 32.2. The molecule has 0 spiro atoms. The number of nitrogens with one attached hydrogen (secondary N) is 3. The summed E-state index contributed by atoms with van der Waals surface area (Å²) in [5.41, 5.74) is 4.41. The standard InChI is InChI=1S/C47H61N5O10S/c1-7-9-20-39(42(53)48-26-14-13-19-35(43(54)55)49-45(58)50-36(44(56)57)29-31-17-16-28-62-31)52-38-21-12-11-18-33(38)46(3,4)41(52)23-15-22-40-47(5,6)34-30-32(63(59,60)61)24-25-37(34)51(40)27-10-8-2/h11-12,15-18,21-25,28,30,35-36,39H,7-10,13-14,19-20,26-27,29H2,1-6H3,(H5-,48,49,50,53,54,55,56,57,58,59,60,61). The summed E-state index contributed by atoms with van der Waals surface area (Å²) in [4.78, 5) is 52.6. The Balaban J connectivity index is 1.33. The number of nitrogens with zero attached hydrogens (tertiary/aromatic N) is 2. The highest BCUT2D eigenvalue weighted by Gasteiger charge is 2.46. The Labute approximate surface area is 370 Å². The van der Waals surface area contributed by atoms with Gasteiger partial charge in [0.2, 0.25) is 11.6 Å². The summed E-state index contributed by atoms with van der Waals surface area (Å²) in [5, 5.41) is 27.1. The molecule has 15 nitrogen and oxygen atoms in total. The smallest absolute Gasteiger partial charge is 0.326 e. The first kappa shape index (κ1) is 48.3. The Morgan fingerprint density at radius 2 is 1.56 bits per heavy atom. The zero-order chi connectivity index (χ0) is 46.1. The average Bonchev–Trinajstić information content (AvgIpc) is 3.88. The van der Waals surface area contributed by atoms with Gasteiger partial charge >= 0.3 is 18.0 Å². The zero-order valence-electron chi connectivity index (χ0n) is 37.0. The Kier molecular flexibility index (Phi) is 15.8. The number of carbonyl (C=O) groups excluding carboxylic acids is 2. The van der Waals surface area contributed by atoms with E-state index in [0.29, 0.717) is 31.6 Å². The van der Waals surface area contributed by atoms with Crippen LogP contribution in [0, 0.1) is 0 Å². The van der Waals surface area contributed by atoms with Gasteiger partial charge in [0.05, 0.1) is 16.6 Å². The highest BCUT2D eigenvalue weighted by molar-refractivity contribution is 7.85. The molecule has 5 N–H and O–H groups in total. The molecule has 0 aliphatic carbocycles. The predicted octanol–water partition coefficient (Wildman–Crippen LogP) is 6.89. The first-order valence-corrected chi connectivity index (χ1v) is 23.1. The van der Waals surface area contributed by atoms with Gasteiger partial charge in [0.15, 0.2) is 5.71 Å². The number of urea groups is 1. The van der Waals surface area contributed by atoms with Crippen LogP contribution in [0.15, 0.2) is 94.1 Å². The SMILES string of the molecule is CCCCC(C(=O)NCCCCC(NC(=O)NC(Cc1ccco1)C(=O)O)C(=O)O)N1/C(=C\C=C\C2=[N+](CCCC)c3ccc(S(=O)(=O)[O-])cc3C2(C)C)C(C)(C)c2ccccc21. The summed E-state index contributed by atoms with van der Waals surface area (Å²) in [6.45, 7) is 13.5. The van der Waals surface area contributed by atoms with E-state index < -0.39 is 57.0 Å². The van der Waals surface area contributed by atoms with Crippen molar-refractivity contribution in [1.29, 1.82) is 0 Å². The second-order valence-electron chi connectivity index (χ2n) is 17.2. The fourth-order valence-corrected chi connectivity index (χ4v) is 9.02. The molecule has 2 aliphatic rings. The van der Waals surface area contributed by atoms with Crippen LogP contribution in [0.5, 0.6) is 0 Å². The number of allylic oxidation sites excluding steroid dienone is 4. The maximum atomic E-state index is 14.3. The van der Waals surface area contributed by atoms with Crippen molar-refractivity contribution >= 4 is 51.1 Å². The molecule has 0 radical (unpaired) electrons. The number of fused-ring (bicyclic) bond motifs is 2. The maximum absolute atomic E-state index is 14.3. The van der Waals surface area contributed by atoms with Crippen LogP contribution < -0.4 is 20.9 Å². The van der Waals surface area contributed by atoms with E-state index in [-0.39, 0.29) is 30.2 Å². The molecule has 3 aromatic rings. The molecular weight excluding hydrogens is 827 g/mol. The van der Waals surface area contributed by atoms with Gasteiger partial charge < -0.3 is 40.0 Å².